The van der Waals surface area contributed by atoms with Crippen LogP contribution in [0.25, 0.3) is 0 Å². The molecule has 2 N–H and O–H groups in total. The first-order chi connectivity index (χ1) is 12.0. The van der Waals surface area contributed by atoms with Crippen LogP contribution in [0.5, 0.6) is 5.75 Å². The SMILES string of the molecule is CCNC(=NCc1cccc(OCC(F)(F)F)c1)NCc1cccs1. The smallest absolute Gasteiger partial charge is 0.422 e. The van der Waals surface area contributed by atoms with Gasteiger partial charge in [0.15, 0.2) is 12.6 Å². The maximum atomic E-state index is 12.2. The van der Waals surface area contributed by atoms with Crippen LogP contribution in [0, 0.1) is 0 Å². The van der Waals surface area contributed by atoms with Gasteiger partial charge in [0.05, 0.1) is 13.1 Å². The Kier molecular flexibility index (Phi) is 7.12. The summed E-state index contributed by atoms with van der Waals surface area (Å²) in [5.74, 6) is 0.832. The van der Waals surface area contributed by atoms with Gasteiger partial charge in [-0.3, -0.25) is 0 Å². The van der Waals surface area contributed by atoms with Gasteiger partial charge in [-0.25, -0.2) is 4.99 Å². The fourth-order valence-electron chi connectivity index (χ4n) is 1.99. The van der Waals surface area contributed by atoms with E-state index in [-0.39, 0.29) is 5.75 Å². The van der Waals surface area contributed by atoms with Crippen LogP contribution in [0.4, 0.5) is 13.2 Å². The molecule has 0 saturated carbocycles. The molecule has 0 saturated heterocycles. The molecule has 0 bridgehead atoms. The van der Waals surface area contributed by atoms with Crippen molar-refractivity contribution in [2.45, 2.75) is 26.2 Å². The van der Waals surface area contributed by atoms with Gasteiger partial charge in [-0.1, -0.05) is 18.2 Å². The average Bonchev–Trinajstić information content (AvgIpc) is 3.09. The first kappa shape index (κ1) is 19.1. The van der Waals surface area contributed by atoms with Crippen molar-refractivity contribution >= 4 is 17.3 Å². The molecule has 4 nitrogen and oxygen atoms in total. The highest BCUT2D eigenvalue weighted by Gasteiger charge is 2.28. The van der Waals surface area contributed by atoms with Crippen molar-refractivity contribution in [1.29, 1.82) is 0 Å². The lowest BCUT2D eigenvalue weighted by Crippen LogP contribution is -2.36. The van der Waals surface area contributed by atoms with Gasteiger partial charge in [-0.2, -0.15) is 13.2 Å². The number of nitrogens with one attached hydrogen (secondary N) is 2. The van der Waals surface area contributed by atoms with Gasteiger partial charge in [0.2, 0.25) is 0 Å². The quantitative estimate of drug-likeness (QED) is 0.572. The fourth-order valence-corrected chi connectivity index (χ4v) is 2.64. The third-order valence-electron chi connectivity index (χ3n) is 3.08. The normalized spacial score (nSPS) is 12.1. The average molecular weight is 371 g/mol. The highest BCUT2D eigenvalue weighted by molar-refractivity contribution is 7.09. The summed E-state index contributed by atoms with van der Waals surface area (Å²) in [6.07, 6.45) is -4.35. The number of guanidine groups is 1. The molecular weight excluding hydrogens is 351 g/mol. The molecule has 2 rings (SSSR count). The van der Waals surface area contributed by atoms with Crippen molar-refractivity contribution in [3.63, 3.8) is 0 Å². The Morgan fingerprint density at radius 3 is 2.72 bits per heavy atom. The first-order valence-corrected chi connectivity index (χ1v) is 8.67. The summed E-state index contributed by atoms with van der Waals surface area (Å²) in [4.78, 5) is 5.64. The lowest BCUT2D eigenvalue weighted by Gasteiger charge is -2.11. The van der Waals surface area contributed by atoms with E-state index in [1.165, 1.54) is 10.9 Å². The lowest BCUT2D eigenvalue weighted by molar-refractivity contribution is -0.153. The summed E-state index contributed by atoms with van der Waals surface area (Å²) in [5, 5.41) is 8.37. The number of thiophene rings is 1. The van der Waals surface area contributed by atoms with E-state index in [2.05, 4.69) is 15.6 Å². The summed E-state index contributed by atoms with van der Waals surface area (Å²) in [6, 6.07) is 10.5. The second-order valence-electron chi connectivity index (χ2n) is 5.18. The van der Waals surface area contributed by atoms with Crippen LogP contribution in [-0.2, 0) is 13.1 Å². The summed E-state index contributed by atoms with van der Waals surface area (Å²) < 4.78 is 41.4. The number of halogens is 3. The molecular formula is C17H20F3N3OS. The van der Waals surface area contributed by atoms with Gasteiger partial charge in [0, 0.05) is 11.4 Å². The Labute approximate surface area is 148 Å². The summed E-state index contributed by atoms with van der Waals surface area (Å²) in [5.41, 5.74) is 0.771. The molecule has 1 heterocycles. The Balaban J connectivity index is 1.94. The third kappa shape index (κ3) is 7.47. The third-order valence-corrected chi connectivity index (χ3v) is 3.95. The topological polar surface area (TPSA) is 45.7 Å². The largest absolute Gasteiger partial charge is 0.484 e. The van der Waals surface area contributed by atoms with E-state index in [9.17, 15) is 13.2 Å². The van der Waals surface area contributed by atoms with Crippen LogP contribution < -0.4 is 15.4 Å². The number of hydrogen-bond acceptors (Lipinski definition) is 3. The van der Waals surface area contributed by atoms with E-state index < -0.39 is 12.8 Å². The molecule has 136 valence electrons. The molecule has 0 radical (unpaired) electrons. The van der Waals surface area contributed by atoms with Gasteiger partial charge in [0.1, 0.15) is 5.75 Å². The van der Waals surface area contributed by atoms with Crippen molar-refractivity contribution in [3.05, 3.63) is 52.2 Å². The number of nitrogens with zero attached hydrogens (tertiary/aromatic N) is 1. The molecule has 25 heavy (non-hydrogen) atoms. The molecule has 0 amide bonds. The predicted octanol–water partition coefficient (Wildman–Crippen LogP) is 3.94. The van der Waals surface area contributed by atoms with Crippen LogP contribution >= 0.6 is 11.3 Å². The molecule has 0 aliphatic carbocycles. The molecule has 0 aliphatic heterocycles. The second-order valence-corrected chi connectivity index (χ2v) is 6.21. The van der Waals surface area contributed by atoms with Gasteiger partial charge >= 0.3 is 6.18 Å². The van der Waals surface area contributed by atoms with E-state index in [4.69, 9.17) is 4.74 Å². The number of benzene rings is 1. The van der Waals surface area contributed by atoms with Crippen molar-refractivity contribution in [3.8, 4) is 5.75 Å². The lowest BCUT2D eigenvalue weighted by atomic mass is 10.2. The van der Waals surface area contributed by atoms with E-state index in [1.54, 1.807) is 29.5 Å². The minimum atomic E-state index is -4.35. The van der Waals surface area contributed by atoms with E-state index in [0.29, 0.717) is 25.6 Å². The van der Waals surface area contributed by atoms with Crippen molar-refractivity contribution in [1.82, 2.24) is 10.6 Å². The van der Waals surface area contributed by atoms with E-state index in [1.807, 2.05) is 24.4 Å². The van der Waals surface area contributed by atoms with Crippen LogP contribution in [0.15, 0.2) is 46.8 Å². The van der Waals surface area contributed by atoms with Crippen LogP contribution in [0.2, 0.25) is 0 Å². The Morgan fingerprint density at radius 1 is 1.20 bits per heavy atom. The maximum absolute atomic E-state index is 12.2. The van der Waals surface area contributed by atoms with Crippen molar-refractivity contribution in [2.24, 2.45) is 4.99 Å². The molecule has 0 atom stereocenters. The highest BCUT2D eigenvalue weighted by atomic mass is 32.1. The van der Waals surface area contributed by atoms with Crippen molar-refractivity contribution < 1.29 is 17.9 Å². The van der Waals surface area contributed by atoms with Crippen LogP contribution in [0.3, 0.4) is 0 Å². The molecule has 8 heteroatoms. The zero-order valence-corrected chi connectivity index (χ0v) is 14.6. The number of hydrogen-bond donors (Lipinski definition) is 2. The minimum Gasteiger partial charge on any atom is -0.484 e. The number of rotatable bonds is 7. The van der Waals surface area contributed by atoms with Gasteiger partial charge in [0.25, 0.3) is 0 Å². The number of alkyl halides is 3. The van der Waals surface area contributed by atoms with Gasteiger partial charge in [-0.15, -0.1) is 11.3 Å². The standard InChI is InChI=1S/C17H20F3N3OS/c1-2-21-16(23-11-15-7-4-8-25-15)22-10-13-5-3-6-14(9-13)24-12-17(18,19)20/h3-9H,2,10-12H2,1H3,(H2,21,22,23). The number of ether oxygens (including phenoxy) is 1. The molecule has 2 aromatic rings. The van der Waals surface area contributed by atoms with Crippen molar-refractivity contribution in [2.75, 3.05) is 13.2 Å². The Bertz CT molecular complexity index is 672. The summed E-state index contributed by atoms with van der Waals surface area (Å²) in [6.45, 7) is 2.38. The molecule has 1 aromatic carbocycles. The predicted molar refractivity (Wildman–Crippen MR) is 94.0 cm³/mol. The Morgan fingerprint density at radius 2 is 2.04 bits per heavy atom. The molecule has 0 fully saturated rings. The molecule has 0 aliphatic rings. The minimum absolute atomic E-state index is 0.182. The van der Waals surface area contributed by atoms with E-state index >= 15 is 0 Å². The number of aliphatic imine (C=N–C) groups is 1. The molecule has 0 spiro atoms. The second kappa shape index (κ2) is 9.31. The Hall–Kier alpha value is -2.22. The van der Waals surface area contributed by atoms with Gasteiger partial charge < -0.3 is 15.4 Å². The first-order valence-electron chi connectivity index (χ1n) is 7.79. The van der Waals surface area contributed by atoms with Crippen LogP contribution in [-0.4, -0.2) is 25.3 Å². The van der Waals surface area contributed by atoms with E-state index in [0.717, 1.165) is 5.56 Å². The monoisotopic (exact) mass is 371 g/mol. The fraction of sp³-hybridized carbons (Fsp3) is 0.353. The summed E-state index contributed by atoms with van der Waals surface area (Å²) >= 11 is 1.65. The zero-order chi connectivity index (χ0) is 18.1. The molecule has 1 aromatic heterocycles. The zero-order valence-electron chi connectivity index (χ0n) is 13.8. The van der Waals surface area contributed by atoms with Crippen LogP contribution in [0.1, 0.15) is 17.4 Å². The molecule has 0 unspecified atom stereocenters. The maximum Gasteiger partial charge on any atom is 0.422 e. The van der Waals surface area contributed by atoms with Gasteiger partial charge in [-0.05, 0) is 36.1 Å². The highest BCUT2D eigenvalue weighted by Crippen LogP contribution is 2.19. The summed E-state index contributed by atoms with van der Waals surface area (Å²) in [7, 11) is 0.